The van der Waals surface area contributed by atoms with Gasteiger partial charge < -0.3 is 34.8 Å². The molecule has 8 nitrogen and oxygen atoms in total. The van der Waals surface area contributed by atoms with Gasteiger partial charge in [-0.15, -0.1) is 0 Å². The minimum atomic E-state index is -0.903. The van der Waals surface area contributed by atoms with Gasteiger partial charge in [0, 0.05) is 17.9 Å². The Morgan fingerprint density at radius 1 is 0.319 bits per heavy atom. The number of carboxylic acids is 4. The normalized spacial score (nSPS) is 10.3. The number of benzene rings is 1. The molecule has 0 saturated heterocycles. The fraction of sp³-hybridized carbons (Fsp3) is 0.839. The second kappa shape index (κ2) is 70.4. The Bertz CT molecular complexity index is 1130. The van der Waals surface area contributed by atoms with Crippen molar-refractivity contribution in [1.82, 2.24) is 0 Å². The largest absolute Gasteiger partial charge is 2.00 e. The number of carbonyl (C=O) groups excluding carboxylic acids is 3. The molecule has 10 heteroatoms. The quantitative estimate of drug-likeness (QED) is 0.0499. The van der Waals surface area contributed by atoms with Crippen molar-refractivity contribution in [2.24, 2.45) is 0 Å². The number of hydrogen-bond donors (Lipinski definition) is 1. The molecule has 0 amide bonds. The number of aryl methyl sites for hydroxylation is 1. The van der Waals surface area contributed by atoms with Crippen LogP contribution in [0.4, 0.5) is 0 Å². The molecule has 0 saturated carbocycles. The standard InChI is InChI=1S/3C18H36O2.C8H8O2.Ca.Na/c3*1-2-3-4-5-6-7-8-9-10-11-12-13-14-15-16-17-18(19)20;1-6-2-4-7(5-3-6)8(9)10;;/h3*2-17H2,1H3,(H,19,20);2-5H,1H3,(H,9,10);;/q;;;;+2;+1/p-3. The molecule has 0 spiro atoms. The van der Waals surface area contributed by atoms with Crippen LogP contribution in [0.15, 0.2) is 24.3 Å². The average Bonchev–Trinajstić information content (AvgIpc) is 3.33. The van der Waals surface area contributed by atoms with Gasteiger partial charge in [0.1, 0.15) is 0 Å². The van der Waals surface area contributed by atoms with Gasteiger partial charge in [0.25, 0.3) is 0 Å². The third kappa shape index (κ3) is 78.2. The van der Waals surface area contributed by atoms with Crippen LogP contribution in [0.3, 0.4) is 0 Å². The zero-order valence-electron chi connectivity index (χ0n) is 48.3. The molecule has 72 heavy (non-hydrogen) atoms. The fourth-order valence-electron chi connectivity index (χ4n) is 8.62. The molecule has 1 N–H and O–H groups in total. The van der Waals surface area contributed by atoms with Gasteiger partial charge >= 0.3 is 73.3 Å². The smallest absolute Gasteiger partial charge is 0.550 e. The summed E-state index contributed by atoms with van der Waals surface area (Å²) < 4.78 is 0. The first kappa shape index (κ1) is 80.2. The van der Waals surface area contributed by atoms with Gasteiger partial charge in [0.05, 0.1) is 5.56 Å². The molecular weight excluding hydrogens is 936 g/mol. The number of unbranched alkanes of at least 4 members (excludes halogenated alkanes) is 42. The van der Waals surface area contributed by atoms with Crippen LogP contribution in [0.25, 0.3) is 0 Å². The van der Waals surface area contributed by atoms with E-state index in [1.54, 1.807) is 24.3 Å². The minimum absolute atomic E-state index is 0. The number of aromatic carboxylic acids is 1. The van der Waals surface area contributed by atoms with Gasteiger partial charge in [-0.2, -0.15) is 0 Å². The number of carbonyl (C=O) groups is 4. The van der Waals surface area contributed by atoms with Gasteiger partial charge in [-0.3, -0.25) is 0 Å². The van der Waals surface area contributed by atoms with Crippen molar-refractivity contribution in [2.75, 3.05) is 0 Å². The van der Waals surface area contributed by atoms with Crippen LogP contribution in [0.1, 0.15) is 345 Å². The first-order valence-corrected chi connectivity index (χ1v) is 29.9. The van der Waals surface area contributed by atoms with E-state index < -0.39 is 23.9 Å². The van der Waals surface area contributed by atoms with E-state index in [-0.39, 0.29) is 86.6 Å². The summed E-state index contributed by atoms with van der Waals surface area (Å²) in [4.78, 5) is 41.0. The van der Waals surface area contributed by atoms with E-state index in [9.17, 15) is 34.5 Å². The Labute approximate surface area is 497 Å². The summed E-state index contributed by atoms with van der Waals surface area (Å²) >= 11 is 0. The second-order valence-corrected chi connectivity index (χ2v) is 20.4. The third-order valence-corrected chi connectivity index (χ3v) is 13.3. The molecule has 0 unspecified atom stereocenters. The second-order valence-electron chi connectivity index (χ2n) is 20.4. The molecule has 0 aromatic heterocycles. The minimum Gasteiger partial charge on any atom is -0.550 e. The van der Waals surface area contributed by atoms with Crippen molar-refractivity contribution < 1.29 is 69.2 Å². The van der Waals surface area contributed by atoms with Crippen LogP contribution in [0.2, 0.25) is 0 Å². The van der Waals surface area contributed by atoms with Gasteiger partial charge in [0.15, 0.2) is 0 Å². The van der Waals surface area contributed by atoms with E-state index in [0.29, 0.717) is 5.56 Å². The summed E-state index contributed by atoms with van der Waals surface area (Å²) in [6.07, 6.45) is 59.6. The third-order valence-electron chi connectivity index (χ3n) is 13.3. The van der Waals surface area contributed by atoms with E-state index in [1.165, 1.54) is 250 Å². The SMILES string of the molecule is CCCCCCCCCCCCCCCCCC(=O)[O-].CCCCCCCCCCCCCCCCCC(=O)[O-].CCCCCCCCCCCCCCCCCC(=O)[O-].Cc1ccc(C(=O)O)cc1.[Ca+2].[Na+]. The summed E-state index contributed by atoms with van der Waals surface area (Å²) in [5.74, 6) is -3.58. The fourth-order valence-corrected chi connectivity index (χ4v) is 8.62. The zero-order chi connectivity index (χ0) is 52.2. The van der Waals surface area contributed by atoms with Crippen molar-refractivity contribution in [3.05, 3.63) is 35.4 Å². The molecule has 0 radical (unpaired) electrons. The molecule has 1 rings (SSSR count). The average molecular weight is 1050 g/mol. The van der Waals surface area contributed by atoms with Crippen LogP contribution in [-0.4, -0.2) is 66.7 Å². The molecule has 0 aliphatic rings. The monoisotopic (exact) mass is 1050 g/mol. The predicted molar refractivity (Wildman–Crippen MR) is 298 cm³/mol. The van der Waals surface area contributed by atoms with Crippen LogP contribution in [0.5, 0.6) is 0 Å². The van der Waals surface area contributed by atoms with Crippen LogP contribution < -0.4 is 44.9 Å². The summed E-state index contributed by atoms with van der Waals surface area (Å²) in [6.45, 7) is 8.72. The summed E-state index contributed by atoms with van der Waals surface area (Å²) in [5, 5.41) is 39.1. The van der Waals surface area contributed by atoms with Crippen LogP contribution >= 0.6 is 0 Å². The van der Waals surface area contributed by atoms with E-state index in [4.69, 9.17) is 5.11 Å². The van der Waals surface area contributed by atoms with Crippen molar-refractivity contribution >= 4 is 61.6 Å². The maximum Gasteiger partial charge on any atom is 2.00 e. The first-order chi connectivity index (χ1) is 34.0. The maximum atomic E-state index is 10.3. The molecule has 0 bridgehead atoms. The topological polar surface area (TPSA) is 158 Å². The molecule has 0 heterocycles. The van der Waals surface area contributed by atoms with Crippen LogP contribution in [-0.2, 0) is 14.4 Å². The molecule has 1 aromatic carbocycles. The van der Waals surface area contributed by atoms with Crippen molar-refractivity contribution in [3.8, 4) is 0 Å². The molecular formula is C62H113CaNaO8. The molecule has 0 aliphatic heterocycles. The number of carboxylic acid groups (broad SMARTS) is 4. The Hall–Kier alpha value is -0.640. The summed E-state index contributed by atoms with van der Waals surface area (Å²) in [7, 11) is 0. The van der Waals surface area contributed by atoms with E-state index in [1.807, 2.05) is 6.92 Å². The molecule has 0 aliphatic carbocycles. The Morgan fingerprint density at radius 3 is 0.611 bits per heavy atom. The van der Waals surface area contributed by atoms with Crippen molar-refractivity contribution in [2.45, 2.75) is 336 Å². The maximum absolute atomic E-state index is 10.3. The van der Waals surface area contributed by atoms with E-state index in [2.05, 4.69) is 20.8 Å². The Kier molecular flexibility index (Phi) is 78.4. The number of hydrogen-bond acceptors (Lipinski definition) is 7. The molecule has 0 fully saturated rings. The Morgan fingerprint density at radius 2 is 0.472 bits per heavy atom. The number of aliphatic carboxylic acids is 3. The molecule has 412 valence electrons. The Balaban J connectivity index is -0.000000281. The van der Waals surface area contributed by atoms with Crippen molar-refractivity contribution in [3.63, 3.8) is 0 Å². The van der Waals surface area contributed by atoms with Gasteiger partial charge in [-0.05, 0) is 57.6 Å². The summed E-state index contributed by atoms with van der Waals surface area (Å²) in [5.41, 5.74) is 1.41. The van der Waals surface area contributed by atoms with Gasteiger partial charge in [-0.25, -0.2) is 4.79 Å². The van der Waals surface area contributed by atoms with Crippen molar-refractivity contribution in [1.29, 1.82) is 0 Å². The van der Waals surface area contributed by atoms with Gasteiger partial charge in [0.2, 0.25) is 0 Å². The summed E-state index contributed by atoms with van der Waals surface area (Å²) in [6, 6.07) is 6.75. The molecule has 1 aromatic rings. The first-order valence-electron chi connectivity index (χ1n) is 29.9. The van der Waals surface area contributed by atoms with E-state index >= 15 is 0 Å². The molecule has 0 atom stereocenters. The van der Waals surface area contributed by atoms with Crippen LogP contribution in [0, 0.1) is 6.92 Å². The van der Waals surface area contributed by atoms with Gasteiger partial charge in [-0.1, -0.05) is 308 Å². The zero-order valence-corrected chi connectivity index (χ0v) is 52.5. The van der Waals surface area contributed by atoms with E-state index in [0.717, 1.165) is 44.1 Å². The predicted octanol–water partition coefficient (Wildman–Crippen LogP) is 13.3. The number of rotatable bonds is 49.